The molecule has 0 unspecified atom stereocenters. The van der Waals surface area contributed by atoms with Crippen LogP contribution in [0.25, 0.3) is 10.8 Å². The molecule has 0 bridgehead atoms. The number of fused-ring (bicyclic) bond motifs is 1. The fourth-order valence-corrected chi connectivity index (χ4v) is 3.62. The Morgan fingerprint density at radius 2 is 1.82 bits per heavy atom. The highest BCUT2D eigenvalue weighted by atomic mass is 16.2. The maximum absolute atomic E-state index is 12.6. The number of amides is 1. The van der Waals surface area contributed by atoms with Gasteiger partial charge in [0.25, 0.3) is 5.56 Å². The zero-order chi connectivity index (χ0) is 19.5. The van der Waals surface area contributed by atoms with E-state index in [-0.39, 0.29) is 18.0 Å². The Morgan fingerprint density at radius 1 is 1.07 bits per heavy atom. The van der Waals surface area contributed by atoms with E-state index < -0.39 is 0 Å². The lowest BCUT2D eigenvalue weighted by molar-refractivity contribution is -0.117. The molecule has 0 aliphatic carbocycles. The lowest BCUT2D eigenvalue weighted by Gasteiger charge is -2.31. The molecule has 0 saturated carbocycles. The van der Waals surface area contributed by atoms with Crippen molar-refractivity contribution in [2.24, 2.45) is 5.92 Å². The van der Waals surface area contributed by atoms with Crippen LogP contribution in [-0.2, 0) is 11.3 Å². The number of nitrogens with one attached hydrogen (secondary N) is 1. The summed E-state index contributed by atoms with van der Waals surface area (Å²) in [4.78, 5) is 27.0. The Kier molecular flexibility index (Phi) is 5.10. The molecule has 1 aliphatic heterocycles. The van der Waals surface area contributed by atoms with E-state index in [9.17, 15) is 9.59 Å². The number of hydrogen-bond acceptors (Lipinski definition) is 4. The maximum atomic E-state index is 12.6. The molecule has 1 amide bonds. The predicted octanol–water partition coefficient (Wildman–Crippen LogP) is 3.27. The van der Waals surface area contributed by atoms with Crippen molar-refractivity contribution in [3.63, 3.8) is 0 Å². The van der Waals surface area contributed by atoms with Crippen LogP contribution in [0.4, 0.5) is 11.5 Å². The summed E-state index contributed by atoms with van der Waals surface area (Å²) in [5.41, 5.74) is 0.458. The third-order valence-corrected chi connectivity index (χ3v) is 5.32. The number of carbonyl (C=O) groups excluding carboxylic acids is 1. The van der Waals surface area contributed by atoms with Crippen molar-refractivity contribution in [1.82, 2.24) is 9.78 Å². The van der Waals surface area contributed by atoms with E-state index in [2.05, 4.69) is 22.2 Å². The van der Waals surface area contributed by atoms with E-state index in [0.717, 1.165) is 48.2 Å². The topological polar surface area (TPSA) is 67.2 Å². The fraction of sp³-hybridized carbons (Fsp3) is 0.318. The van der Waals surface area contributed by atoms with Gasteiger partial charge in [-0.05, 0) is 36.3 Å². The van der Waals surface area contributed by atoms with E-state index in [4.69, 9.17) is 0 Å². The van der Waals surface area contributed by atoms with Gasteiger partial charge >= 0.3 is 0 Å². The fourth-order valence-electron chi connectivity index (χ4n) is 3.62. The minimum Gasteiger partial charge on any atom is -0.355 e. The molecular formula is C22H24N4O2. The van der Waals surface area contributed by atoms with Gasteiger partial charge in [-0.3, -0.25) is 9.59 Å². The van der Waals surface area contributed by atoms with Crippen LogP contribution in [0.1, 0.15) is 19.8 Å². The highest BCUT2D eigenvalue weighted by Gasteiger charge is 2.18. The molecule has 1 saturated heterocycles. The van der Waals surface area contributed by atoms with Crippen LogP contribution < -0.4 is 15.8 Å². The second kappa shape index (κ2) is 7.84. The van der Waals surface area contributed by atoms with E-state index in [0.29, 0.717) is 5.92 Å². The van der Waals surface area contributed by atoms with Gasteiger partial charge in [-0.15, -0.1) is 0 Å². The normalized spacial score (nSPS) is 15.0. The highest BCUT2D eigenvalue weighted by molar-refractivity contribution is 6.01. The van der Waals surface area contributed by atoms with E-state index in [1.54, 1.807) is 6.07 Å². The Morgan fingerprint density at radius 3 is 2.64 bits per heavy atom. The molecule has 0 spiro atoms. The lowest BCUT2D eigenvalue weighted by Crippen LogP contribution is -2.36. The molecule has 6 nitrogen and oxygen atoms in total. The molecule has 2 heterocycles. The molecule has 0 radical (unpaired) electrons. The third kappa shape index (κ3) is 3.91. The predicted molar refractivity (Wildman–Crippen MR) is 112 cm³/mol. The molecule has 6 heteroatoms. The first-order valence-corrected chi connectivity index (χ1v) is 9.71. The Labute approximate surface area is 163 Å². The van der Waals surface area contributed by atoms with Crippen molar-refractivity contribution in [3.8, 4) is 0 Å². The summed E-state index contributed by atoms with van der Waals surface area (Å²) in [6.45, 7) is 3.99. The Hall–Kier alpha value is -3.15. The quantitative estimate of drug-likeness (QED) is 0.759. The van der Waals surface area contributed by atoms with Gasteiger partial charge in [-0.25, -0.2) is 4.68 Å². The summed E-state index contributed by atoms with van der Waals surface area (Å²) in [7, 11) is 0. The molecule has 1 N–H and O–H groups in total. The van der Waals surface area contributed by atoms with Crippen molar-refractivity contribution >= 4 is 28.2 Å². The molecule has 4 rings (SSSR count). The van der Waals surface area contributed by atoms with Crippen molar-refractivity contribution in [2.75, 3.05) is 23.3 Å². The van der Waals surface area contributed by atoms with E-state index >= 15 is 0 Å². The first-order chi connectivity index (χ1) is 13.6. The SMILES string of the molecule is CC1CCN(c2ccc(=O)n(CC(=O)Nc3cccc4ccccc34)n2)CC1. The number of benzene rings is 2. The molecule has 1 fully saturated rings. The second-order valence-corrected chi connectivity index (χ2v) is 7.43. The molecule has 0 atom stereocenters. The van der Waals surface area contributed by atoms with Gasteiger partial charge in [0.1, 0.15) is 12.4 Å². The number of hydrogen-bond donors (Lipinski definition) is 1. The molecule has 144 valence electrons. The van der Waals surface area contributed by atoms with Gasteiger partial charge in [-0.1, -0.05) is 43.3 Å². The summed E-state index contributed by atoms with van der Waals surface area (Å²) in [5, 5.41) is 9.37. The number of piperidine rings is 1. The smallest absolute Gasteiger partial charge is 0.267 e. The van der Waals surface area contributed by atoms with E-state index in [1.807, 2.05) is 42.5 Å². The number of aromatic nitrogens is 2. The van der Waals surface area contributed by atoms with Gasteiger partial charge < -0.3 is 10.2 Å². The molecular weight excluding hydrogens is 352 g/mol. The van der Waals surface area contributed by atoms with Gasteiger partial charge in [0.15, 0.2) is 0 Å². The Balaban J connectivity index is 1.51. The van der Waals surface area contributed by atoms with Crippen LogP contribution in [-0.4, -0.2) is 28.8 Å². The van der Waals surface area contributed by atoms with Crippen LogP contribution in [0, 0.1) is 5.92 Å². The van der Waals surface area contributed by atoms with E-state index in [1.165, 1.54) is 10.7 Å². The van der Waals surface area contributed by atoms with Crippen LogP contribution in [0.5, 0.6) is 0 Å². The minimum absolute atomic E-state index is 0.111. The first-order valence-electron chi connectivity index (χ1n) is 9.71. The summed E-state index contributed by atoms with van der Waals surface area (Å²) in [6, 6.07) is 16.9. The van der Waals surface area contributed by atoms with Gasteiger partial charge in [-0.2, -0.15) is 5.10 Å². The van der Waals surface area contributed by atoms with Crippen LogP contribution >= 0.6 is 0 Å². The summed E-state index contributed by atoms with van der Waals surface area (Å²) >= 11 is 0. The number of carbonyl (C=O) groups is 1. The van der Waals surface area contributed by atoms with Gasteiger partial charge in [0.05, 0.1) is 0 Å². The summed E-state index contributed by atoms with van der Waals surface area (Å²) in [6.07, 6.45) is 2.23. The largest absolute Gasteiger partial charge is 0.355 e. The van der Waals surface area contributed by atoms with Crippen molar-refractivity contribution < 1.29 is 4.79 Å². The zero-order valence-corrected chi connectivity index (χ0v) is 16.0. The van der Waals surface area contributed by atoms with Gasteiger partial charge in [0, 0.05) is 30.2 Å². The molecule has 2 aromatic carbocycles. The van der Waals surface area contributed by atoms with Gasteiger partial charge in [0.2, 0.25) is 5.91 Å². The molecule has 1 aromatic heterocycles. The number of rotatable bonds is 4. The Bertz CT molecular complexity index is 1050. The lowest BCUT2D eigenvalue weighted by atomic mass is 9.99. The maximum Gasteiger partial charge on any atom is 0.267 e. The van der Waals surface area contributed by atoms with Crippen LogP contribution in [0.3, 0.4) is 0 Å². The first kappa shape index (κ1) is 18.2. The standard InChI is InChI=1S/C22H24N4O2/c1-16-11-13-25(14-12-16)20-9-10-22(28)26(24-20)15-21(27)23-19-8-4-6-17-5-2-3-7-18(17)19/h2-10,16H,11-15H2,1H3,(H,23,27). The van der Waals surface area contributed by atoms with Crippen LogP contribution in [0.2, 0.25) is 0 Å². The minimum atomic E-state index is -0.276. The van der Waals surface area contributed by atoms with Crippen LogP contribution in [0.15, 0.2) is 59.4 Å². The molecule has 28 heavy (non-hydrogen) atoms. The zero-order valence-electron chi connectivity index (χ0n) is 16.0. The highest BCUT2D eigenvalue weighted by Crippen LogP contribution is 2.23. The summed E-state index contributed by atoms with van der Waals surface area (Å²) in [5.74, 6) is 1.20. The molecule has 1 aliphatic rings. The number of anilines is 2. The van der Waals surface area contributed by atoms with Crippen molar-refractivity contribution in [1.29, 1.82) is 0 Å². The third-order valence-electron chi connectivity index (χ3n) is 5.32. The average Bonchev–Trinajstić information content (AvgIpc) is 2.71. The summed E-state index contributed by atoms with van der Waals surface area (Å²) < 4.78 is 1.24. The molecule has 3 aromatic rings. The monoisotopic (exact) mass is 376 g/mol. The number of nitrogens with zero attached hydrogens (tertiary/aromatic N) is 3. The second-order valence-electron chi connectivity index (χ2n) is 7.43. The van der Waals surface area contributed by atoms with Crippen molar-refractivity contribution in [3.05, 3.63) is 65.0 Å². The average molecular weight is 376 g/mol. The van der Waals surface area contributed by atoms with Crippen molar-refractivity contribution in [2.45, 2.75) is 26.3 Å².